The predicted octanol–water partition coefficient (Wildman–Crippen LogP) is 13.7. The summed E-state index contributed by atoms with van der Waals surface area (Å²) in [5, 5.41) is 4.03. The van der Waals surface area contributed by atoms with Crippen molar-refractivity contribution in [2.45, 2.75) is 0 Å². The minimum Gasteiger partial charge on any atom is -0.309 e. The van der Waals surface area contributed by atoms with Crippen molar-refractivity contribution >= 4 is 53.3 Å². The van der Waals surface area contributed by atoms with E-state index >= 15 is 0 Å². The van der Waals surface area contributed by atoms with Crippen LogP contribution in [0, 0.1) is 0 Å². The van der Waals surface area contributed by atoms with Gasteiger partial charge in [-0.25, -0.2) is 15.0 Å². The van der Waals surface area contributed by atoms with Crippen LogP contribution in [0.25, 0.3) is 104 Å². The zero-order chi connectivity index (χ0) is 42.2. The number of hydrogen-bond acceptors (Lipinski definition) is 4. The Kier molecular flexibility index (Phi) is 6.29. The van der Waals surface area contributed by atoms with Gasteiger partial charge in [0.1, 0.15) is 0 Å². The Morgan fingerprint density at radius 3 is 1.96 bits per heavy atom. The summed E-state index contributed by atoms with van der Waals surface area (Å²) in [4.78, 5) is 15.4. The van der Waals surface area contributed by atoms with Crippen LogP contribution < -0.4 is 0 Å². The molecular formula is C51H32N4S. The van der Waals surface area contributed by atoms with Crippen molar-refractivity contribution in [1.82, 2.24) is 19.5 Å². The molecule has 0 radical (unpaired) electrons. The fourth-order valence-electron chi connectivity index (χ4n) is 7.72. The van der Waals surface area contributed by atoms with Crippen LogP contribution in [0.3, 0.4) is 0 Å². The molecule has 0 aliphatic rings. The standard InChI is InChI=1S/C51H32N4S/c1-3-15-33(16-4-1)35-29-30-47-43(32-35)41-25-14-24-38(48(41)56-47)36-19-13-20-37(31-36)50-52-49(34-17-5-2-6-18-34)53-51(54-50)42-23-9-12-28-46(42)55-44-26-10-7-21-39(44)40-22-8-11-27-45(40)55/h1-32H/i1D,3D,4D,7D,15D,16D. The van der Waals surface area contributed by atoms with E-state index in [1.54, 1.807) is 11.3 Å². The highest BCUT2D eigenvalue weighted by Crippen LogP contribution is 2.42. The summed E-state index contributed by atoms with van der Waals surface area (Å²) in [5.41, 5.74) is 8.20. The van der Waals surface area contributed by atoms with E-state index < -0.39 is 6.04 Å². The Labute approximate surface area is 336 Å². The van der Waals surface area contributed by atoms with Crippen LogP contribution >= 0.6 is 11.3 Å². The fourth-order valence-corrected chi connectivity index (χ4v) is 8.94. The Balaban J connectivity index is 1.06. The molecule has 11 aromatic rings. The van der Waals surface area contributed by atoms with Gasteiger partial charge in [0.2, 0.25) is 0 Å². The first-order chi connectivity index (χ1) is 30.2. The number of benzene rings is 8. The van der Waals surface area contributed by atoms with Gasteiger partial charge in [-0.2, -0.15) is 0 Å². The van der Waals surface area contributed by atoms with E-state index in [1.807, 2.05) is 115 Å². The van der Waals surface area contributed by atoms with Crippen molar-refractivity contribution in [3.63, 3.8) is 0 Å². The molecule has 8 aromatic carbocycles. The highest BCUT2D eigenvalue weighted by molar-refractivity contribution is 7.26. The molecule has 0 amide bonds. The first-order valence-electron chi connectivity index (χ1n) is 21.3. The van der Waals surface area contributed by atoms with Crippen molar-refractivity contribution in [2.75, 3.05) is 0 Å². The van der Waals surface area contributed by atoms with Crippen LogP contribution in [0.15, 0.2) is 194 Å². The first-order valence-corrected chi connectivity index (χ1v) is 19.1. The molecule has 0 spiro atoms. The van der Waals surface area contributed by atoms with Gasteiger partial charge in [0.25, 0.3) is 0 Å². The van der Waals surface area contributed by atoms with E-state index in [0.717, 1.165) is 75.5 Å². The zero-order valence-electron chi connectivity index (χ0n) is 35.7. The molecule has 11 rings (SSSR count). The lowest BCUT2D eigenvalue weighted by molar-refractivity contribution is 1.06. The van der Waals surface area contributed by atoms with Gasteiger partial charge in [0, 0.05) is 47.6 Å². The highest BCUT2D eigenvalue weighted by Gasteiger charge is 2.19. The summed E-state index contributed by atoms with van der Waals surface area (Å²) < 4.78 is 54.4. The Bertz CT molecular complexity index is 3590. The number of rotatable bonds is 6. The maximum atomic E-state index is 8.59. The first kappa shape index (κ1) is 26.5. The van der Waals surface area contributed by atoms with Crippen LogP contribution in [0.5, 0.6) is 0 Å². The van der Waals surface area contributed by atoms with Crippen LogP contribution in [-0.2, 0) is 0 Å². The van der Waals surface area contributed by atoms with Crippen LogP contribution in [0.2, 0.25) is 0 Å². The largest absolute Gasteiger partial charge is 0.309 e. The van der Waals surface area contributed by atoms with Crippen LogP contribution in [0.4, 0.5) is 0 Å². The number of thiophene rings is 1. The third-order valence-electron chi connectivity index (χ3n) is 10.3. The lowest BCUT2D eigenvalue weighted by Crippen LogP contribution is -2.03. The van der Waals surface area contributed by atoms with Crippen molar-refractivity contribution < 1.29 is 8.22 Å². The number of fused-ring (bicyclic) bond motifs is 6. The number of hydrogen-bond donors (Lipinski definition) is 0. The molecule has 3 aromatic heterocycles. The van der Waals surface area contributed by atoms with Gasteiger partial charge in [0.05, 0.1) is 24.9 Å². The summed E-state index contributed by atoms with van der Waals surface area (Å²) in [6.45, 7) is 0. The lowest BCUT2D eigenvalue weighted by atomic mass is 9.99. The normalized spacial score (nSPS) is 13.1. The van der Waals surface area contributed by atoms with E-state index in [9.17, 15) is 0 Å². The number of nitrogens with zero attached hydrogens (tertiary/aromatic N) is 4. The average Bonchev–Trinajstić information content (AvgIpc) is 3.85. The summed E-state index contributed by atoms with van der Waals surface area (Å²) in [7, 11) is 0. The van der Waals surface area contributed by atoms with Crippen LogP contribution in [0.1, 0.15) is 8.22 Å². The van der Waals surface area contributed by atoms with Gasteiger partial charge < -0.3 is 4.57 Å². The molecule has 0 aliphatic heterocycles. The van der Waals surface area contributed by atoms with E-state index in [2.05, 4.69) is 47.0 Å². The van der Waals surface area contributed by atoms with Gasteiger partial charge in [-0.3, -0.25) is 0 Å². The second-order valence-corrected chi connectivity index (χ2v) is 14.6. The average molecular weight is 739 g/mol. The van der Waals surface area contributed by atoms with E-state index in [1.165, 1.54) is 0 Å². The van der Waals surface area contributed by atoms with Gasteiger partial charge in [0.15, 0.2) is 17.5 Å². The topological polar surface area (TPSA) is 43.6 Å². The lowest BCUT2D eigenvalue weighted by Gasteiger charge is -2.14. The molecule has 5 heteroatoms. The Morgan fingerprint density at radius 1 is 0.411 bits per heavy atom. The second-order valence-electron chi connectivity index (χ2n) is 13.6. The minimum absolute atomic E-state index is 0.188. The summed E-state index contributed by atoms with van der Waals surface area (Å²) >= 11 is 1.66. The molecule has 0 bridgehead atoms. The molecule has 262 valence electrons. The van der Waals surface area contributed by atoms with E-state index in [4.69, 9.17) is 23.2 Å². The van der Waals surface area contributed by atoms with E-state index in [0.29, 0.717) is 29.1 Å². The summed E-state index contributed by atoms with van der Waals surface area (Å²) in [6, 6.07) is 51.2. The molecule has 0 saturated carbocycles. The second kappa shape index (κ2) is 13.3. The van der Waals surface area contributed by atoms with Crippen molar-refractivity contribution in [3.8, 4) is 62.1 Å². The van der Waals surface area contributed by atoms with Gasteiger partial charge >= 0.3 is 0 Å². The molecule has 0 aliphatic carbocycles. The SMILES string of the molecule is [2H]c1ccc2c(c1)c1ccccc1n2-c1ccccc1-c1nc(-c2ccccc2)nc(-c2cccc(-c3cccc4c3sc3ccc(-c5c([2H])c([2H])c([2H])c([2H])c5[2H])cc34)c2)n1. The van der Waals surface area contributed by atoms with Gasteiger partial charge in [-0.05, 0) is 64.7 Å². The molecule has 3 heterocycles. The van der Waals surface area contributed by atoms with E-state index in [-0.39, 0.29) is 29.7 Å². The van der Waals surface area contributed by atoms with Gasteiger partial charge in [-0.1, -0.05) is 152 Å². The fraction of sp³-hybridized carbons (Fsp3) is 0. The zero-order valence-corrected chi connectivity index (χ0v) is 30.5. The van der Waals surface area contributed by atoms with Crippen molar-refractivity contribution in [1.29, 1.82) is 0 Å². The minimum atomic E-state index is -0.406. The molecule has 0 atom stereocenters. The maximum Gasteiger partial charge on any atom is 0.166 e. The number of para-hydroxylation sites is 3. The monoisotopic (exact) mass is 738 g/mol. The molecule has 4 nitrogen and oxygen atoms in total. The molecule has 0 N–H and O–H groups in total. The molecule has 56 heavy (non-hydrogen) atoms. The predicted molar refractivity (Wildman–Crippen MR) is 234 cm³/mol. The molecule has 0 fully saturated rings. The summed E-state index contributed by atoms with van der Waals surface area (Å²) in [5.74, 6) is 1.60. The number of aromatic nitrogens is 4. The van der Waals surface area contributed by atoms with Crippen molar-refractivity contribution in [2.24, 2.45) is 0 Å². The maximum absolute atomic E-state index is 8.59. The molecular weight excluding hydrogens is 701 g/mol. The quantitative estimate of drug-likeness (QED) is 0.171. The van der Waals surface area contributed by atoms with Crippen molar-refractivity contribution in [3.05, 3.63) is 194 Å². The molecule has 0 saturated heterocycles. The third-order valence-corrected chi connectivity index (χ3v) is 11.5. The Morgan fingerprint density at radius 2 is 1.07 bits per heavy atom. The van der Waals surface area contributed by atoms with Gasteiger partial charge in [-0.15, -0.1) is 11.3 Å². The Hall–Kier alpha value is -7.21. The molecule has 0 unspecified atom stereocenters. The third kappa shape index (κ3) is 5.40. The van der Waals surface area contributed by atoms with Crippen LogP contribution in [-0.4, -0.2) is 19.5 Å². The summed E-state index contributed by atoms with van der Waals surface area (Å²) in [6.07, 6.45) is 0. The highest BCUT2D eigenvalue weighted by atomic mass is 32.1. The smallest absolute Gasteiger partial charge is 0.166 e.